The summed E-state index contributed by atoms with van der Waals surface area (Å²) in [5.41, 5.74) is 5.96. The molecule has 3 rings (SSSR count). The van der Waals surface area contributed by atoms with Crippen molar-refractivity contribution in [3.8, 4) is 0 Å². The van der Waals surface area contributed by atoms with Crippen molar-refractivity contribution in [1.82, 2.24) is 9.97 Å². The van der Waals surface area contributed by atoms with Crippen molar-refractivity contribution in [2.24, 2.45) is 5.73 Å². The minimum absolute atomic E-state index is 0.125. The summed E-state index contributed by atoms with van der Waals surface area (Å²) in [5, 5.41) is 2.17. The standard InChI is InChI=1S/C20H27NO3Si.C3H4N2/c1-20(2,3)25(16-11-7-5-8-12-16,17-13-9-6-10-14-17)24-15-18(21)19(22)23-4;1-2-5-3-4-1/h5-14,18H,15,21H2,1-4H3;1-3H,(H,4,5)/t18-;/m0./s1. The van der Waals surface area contributed by atoms with Crippen LogP contribution >= 0.6 is 0 Å². The fraction of sp³-hybridized carbons (Fsp3) is 0.304. The van der Waals surface area contributed by atoms with Crippen LogP contribution in [0.15, 0.2) is 79.4 Å². The van der Waals surface area contributed by atoms with Crippen molar-refractivity contribution in [2.75, 3.05) is 13.7 Å². The fourth-order valence-corrected chi connectivity index (χ4v) is 8.00. The topological polar surface area (TPSA) is 90.2 Å². The van der Waals surface area contributed by atoms with Crippen molar-refractivity contribution in [3.63, 3.8) is 0 Å². The number of aromatic amines is 1. The minimum Gasteiger partial charge on any atom is -0.468 e. The van der Waals surface area contributed by atoms with Crippen LogP contribution < -0.4 is 16.1 Å². The number of rotatable bonds is 6. The molecule has 3 N–H and O–H groups in total. The molecule has 0 aliphatic heterocycles. The Morgan fingerprint density at radius 2 is 1.60 bits per heavy atom. The number of H-pyrrole nitrogens is 1. The van der Waals surface area contributed by atoms with E-state index < -0.39 is 20.3 Å². The van der Waals surface area contributed by atoms with Crippen LogP contribution in [0.3, 0.4) is 0 Å². The summed E-state index contributed by atoms with van der Waals surface area (Å²) in [6, 6.07) is 19.7. The Balaban J connectivity index is 0.000000558. The summed E-state index contributed by atoms with van der Waals surface area (Å²) in [6.45, 7) is 6.68. The molecule has 6 nitrogen and oxygen atoms in total. The molecule has 0 saturated carbocycles. The first-order valence-electron chi connectivity index (χ1n) is 9.84. The van der Waals surface area contributed by atoms with Gasteiger partial charge in [-0.15, -0.1) is 0 Å². The summed E-state index contributed by atoms with van der Waals surface area (Å²) < 4.78 is 11.3. The number of carbonyl (C=O) groups excluding carboxylic acids is 1. The van der Waals surface area contributed by atoms with E-state index in [-0.39, 0.29) is 11.6 Å². The van der Waals surface area contributed by atoms with Crippen LogP contribution in [0.5, 0.6) is 0 Å². The van der Waals surface area contributed by atoms with Gasteiger partial charge in [0, 0.05) is 12.4 Å². The van der Waals surface area contributed by atoms with Gasteiger partial charge in [0.2, 0.25) is 0 Å². The number of methoxy groups -OCH3 is 1. The molecule has 160 valence electrons. The van der Waals surface area contributed by atoms with Crippen LogP contribution in [0.4, 0.5) is 0 Å². The predicted octanol–water partition coefficient (Wildman–Crippen LogP) is 2.47. The number of esters is 1. The predicted molar refractivity (Wildman–Crippen MR) is 122 cm³/mol. The van der Waals surface area contributed by atoms with E-state index in [2.05, 4.69) is 55.0 Å². The Morgan fingerprint density at radius 1 is 1.07 bits per heavy atom. The highest BCUT2D eigenvalue weighted by molar-refractivity contribution is 6.99. The molecule has 0 aliphatic rings. The van der Waals surface area contributed by atoms with Gasteiger partial charge < -0.3 is 19.9 Å². The van der Waals surface area contributed by atoms with Gasteiger partial charge in [-0.3, -0.25) is 4.79 Å². The van der Waals surface area contributed by atoms with Crippen LogP contribution in [0.25, 0.3) is 0 Å². The number of carbonyl (C=O) groups is 1. The van der Waals surface area contributed by atoms with E-state index in [4.69, 9.17) is 14.9 Å². The van der Waals surface area contributed by atoms with E-state index in [1.807, 2.05) is 36.4 Å². The smallest absolute Gasteiger partial charge is 0.324 e. The maximum atomic E-state index is 11.7. The van der Waals surface area contributed by atoms with Gasteiger partial charge in [0.25, 0.3) is 8.32 Å². The lowest BCUT2D eigenvalue weighted by Crippen LogP contribution is -2.67. The molecule has 1 aromatic heterocycles. The second kappa shape index (κ2) is 10.9. The normalized spacial score (nSPS) is 12.4. The van der Waals surface area contributed by atoms with Gasteiger partial charge in [-0.25, -0.2) is 4.98 Å². The molecule has 0 amide bonds. The zero-order chi connectivity index (χ0) is 22.0. The van der Waals surface area contributed by atoms with E-state index in [1.165, 1.54) is 7.11 Å². The number of benzene rings is 2. The molecule has 3 aromatic rings. The third-order valence-electron chi connectivity index (χ3n) is 4.81. The van der Waals surface area contributed by atoms with Crippen molar-refractivity contribution < 1.29 is 14.0 Å². The fourth-order valence-electron chi connectivity index (χ4n) is 3.41. The number of ether oxygens (including phenoxy) is 1. The number of hydrogen-bond acceptors (Lipinski definition) is 5. The Morgan fingerprint density at radius 3 is 1.93 bits per heavy atom. The first-order chi connectivity index (χ1) is 14.3. The van der Waals surface area contributed by atoms with Crippen molar-refractivity contribution in [3.05, 3.63) is 79.4 Å². The Bertz CT molecular complexity index is 809. The molecule has 0 saturated heterocycles. The molecule has 30 heavy (non-hydrogen) atoms. The second-order valence-electron chi connectivity index (χ2n) is 7.86. The molecule has 1 atom stereocenters. The molecule has 0 bridgehead atoms. The van der Waals surface area contributed by atoms with E-state index in [0.717, 1.165) is 10.4 Å². The van der Waals surface area contributed by atoms with Crippen LogP contribution in [0.1, 0.15) is 20.8 Å². The van der Waals surface area contributed by atoms with Crippen molar-refractivity contribution in [2.45, 2.75) is 31.9 Å². The number of aromatic nitrogens is 2. The first kappa shape index (κ1) is 23.5. The Labute approximate surface area is 179 Å². The zero-order valence-corrected chi connectivity index (χ0v) is 19.0. The van der Waals surface area contributed by atoms with Crippen LogP contribution in [-0.4, -0.2) is 44.0 Å². The van der Waals surface area contributed by atoms with E-state index in [9.17, 15) is 4.79 Å². The quantitative estimate of drug-likeness (QED) is 0.468. The minimum atomic E-state index is -2.66. The third kappa shape index (κ3) is 5.66. The number of imidazole rings is 1. The summed E-state index contributed by atoms with van der Waals surface area (Å²) in [6.07, 6.45) is 5.08. The molecule has 0 aliphatic carbocycles. The molecule has 0 unspecified atom stereocenters. The molecule has 0 radical (unpaired) electrons. The van der Waals surface area contributed by atoms with Gasteiger partial charge in [0.1, 0.15) is 6.04 Å². The summed E-state index contributed by atoms with van der Waals surface area (Å²) >= 11 is 0. The highest BCUT2D eigenvalue weighted by Gasteiger charge is 2.50. The largest absolute Gasteiger partial charge is 0.468 e. The second-order valence-corrected chi connectivity index (χ2v) is 12.2. The van der Waals surface area contributed by atoms with Gasteiger partial charge in [-0.2, -0.15) is 0 Å². The van der Waals surface area contributed by atoms with Crippen LogP contribution in [0, 0.1) is 0 Å². The van der Waals surface area contributed by atoms with E-state index in [0.29, 0.717) is 0 Å². The molecule has 2 aromatic carbocycles. The first-order valence-corrected chi connectivity index (χ1v) is 11.7. The lowest BCUT2D eigenvalue weighted by molar-refractivity contribution is -0.142. The monoisotopic (exact) mass is 425 g/mol. The summed E-state index contributed by atoms with van der Waals surface area (Å²) in [4.78, 5) is 18.2. The molecule has 0 spiro atoms. The SMILES string of the molecule is COC(=O)[C@@H](N)CO[Si](c1ccccc1)(c1ccccc1)C(C)(C)C.c1c[nH]cn1. The zero-order valence-electron chi connectivity index (χ0n) is 18.0. The number of nitrogens with two attached hydrogens (primary N) is 1. The van der Waals surface area contributed by atoms with Crippen LogP contribution in [0.2, 0.25) is 5.04 Å². The maximum Gasteiger partial charge on any atom is 0.324 e. The lowest BCUT2D eigenvalue weighted by Gasteiger charge is -2.43. The van der Waals surface area contributed by atoms with Gasteiger partial charge in [-0.05, 0) is 15.4 Å². The van der Waals surface area contributed by atoms with Crippen molar-refractivity contribution >= 4 is 24.7 Å². The van der Waals surface area contributed by atoms with Gasteiger partial charge >= 0.3 is 5.97 Å². The number of nitrogens with one attached hydrogen (secondary N) is 1. The molecule has 0 fully saturated rings. The number of nitrogens with zero attached hydrogens (tertiary/aromatic N) is 1. The van der Waals surface area contributed by atoms with Gasteiger partial charge in [0.15, 0.2) is 0 Å². The summed E-state index contributed by atoms with van der Waals surface area (Å²) in [7, 11) is -1.32. The third-order valence-corrected chi connectivity index (χ3v) is 9.81. The Hall–Kier alpha value is -2.74. The van der Waals surface area contributed by atoms with E-state index in [1.54, 1.807) is 18.7 Å². The maximum absolute atomic E-state index is 11.7. The molecule has 7 heteroatoms. The molecule has 1 heterocycles. The highest BCUT2D eigenvalue weighted by Crippen LogP contribution is 2.36. The summed E-state index contributed by atoms with van der Waals surface area (Å²) in [5.74, 6) is -0.460. The average molecular weight is 426 g/mol. The number of hydrogen-bond donors (Lipinski definition) is 2. The van der Waals surface area contributed by atoms with Gasteiger partial charge in [-0.1, -0.05) is 81.4 Å². The van der Waals surface area contributed by atoms with E-state index >= 15 is 0 Å². The molecular formula is C23H31N3O3Si. The average Bonchev–Trinajstić information content (AvgIpc) is 3.34. The van der Waals surface area contributed by atoms with Crippen molar-refractivity contribution in [1.29, 1.82) is 0 Å². The highest BCUT2D eigenvalue weighted by atomic mass is 28.4. The molecular weight excluding hydrogens is 394 g/mol. The Kier molecular flexibility index (Phi) is 8.53. The van der Waals surface area contributed by atoms with Gasteiger partial charge in [0.05, 0.1) is 20.0 Å². The van der Waals surface area contributed by atoms with Crippen LogP contribution in [-0.2, 0) is 14.0 Å². The lowest BCUT2D eigenvalue weighted by atomic mass is 10.2.